The molecular formula is C6H8FNO5. The fourth-order valence-corrected chi connectivity index (χ4v) is 0.521. The van der Waals surface area contributed by atoms with Gasteiger partial charge in [0.15, 0.2) is 5.34 Å². The first-order chi connectivity index (χ1) is 5.99. The number of hydrogen-bond donors (Lipinski definition) is 0. The van der Waals surface area contributed by atoms with Crippen LogP contribution in [0, 0.1) is 4.91 Å². The maximum atomic E-state index is 13.2. The van der Waals surface area contributed by atoms with Gasteiger partial charge in [-0.25, -0.2) is 4.79 Å². The second kappa shape index (κ2) is 4.48. The van der Waals surface area contributed by atoms with E-state index in [2.05, 4.69) is 9.57 Å². The van der Waals surface area contributed by atoms with Gasteiger partial charge in [-0.1, -0.05) is 0 Å². The molecule has 0 bridgehead atoms. The molecule has 0 spiro atoms. The van der Waals surface area contributed by atoms with Crippen LogP contribution in [-0.4, -0.2) is 24.2 Å². The number of nitrogens with zero attached hydrogens (tertiary/aromatic N) is 1. The van der Waals surface area contributed by atoms with E-state index in [1.807, 2.05) is 0 Å². The van der Waals surface area contributed by atoms with E-state index in [0.29, 0.717) is 0 Å². The molecule has 0 aromatic heterocycles. The third kappa shape index (κ3) is 2.46. The molecule has 6 nitrogen and oxygen atoms in total. The number of esters is 1. The highest BCUT2D eigenvalue weighted by molar-refractivity contribution is 6.04. The molecule has 0 aliphatic rings. The summed E-state index contributed by atoms with van der Waals surface area (Å²) in [4.78, 5) is 34.4. The average molecular weight is 193 g/mol. The third-order valence-electron chi connectivity index (χ3n) is 1.15. The van der Waals surface area contributed by atoms with Crippen LogP contribution in [0.1, 0.15) is 13.8 Å². The fourth-order valence-electron chi connectivity index (χ4n) is 0.521. The van der Waals surface area contributed by atoms with Crippen molar-refractivity contribution < 1.29 is 23.6 Å². The molecule has 0 saturated carbocycles. The minimum Gasteiger partial charge on any atom is -0.460 e. The van der Waals surface area contributed by atoms with E-state index in [4.69, 9.17) is 0 Å². The number of ketones is 1. The van der Waals surface area contributed by atoms with Crippen molar-refractivity contribution in [3.63, 3.8) is 0 Å². The van der Waals surface area contributed by atoms with Gasteiger partial charge >= 0.3 is 11.8 Å². The fraction of sp³-hybridized carbons (Fsp3) is 0.667. The summed E-state index contributed by atoms with van der Waals surface area (Å²) in [6.07, 6.45) is 0. The minimum atomic E-state index is -3.42. The topological polar surface area (TPSA) is 82.0 Å². The SMILES string of the molecule is CCOC(=O)C(F)(ON=O)C(C)=O. The second-order valence-electron chi connectivity index (χ2n) is 2.04. The van der Waals surface area contributed by atoms with Crippen LogP contribution >= 0.6 is 0 Å². The predicted octanol–water partition coefficient (Wildman–Crippen LogP) is 0.502. The van der Waals surface area contributed by atoms with Gasteiger partial charge in [-0.05, 0) is 6.92 Å². The summed E-state index contributed by atoms with van der Waals surface area (Å²) >= 11 is 0. The Labute approximate surface area is 72.9 Å². The van der Waals surface area contributed by atoms with E-state index in [9.17, 15) is 18.9 Å². The maximum absolute atomic E-state index is 13.2. The minimum absolute atomic E-state index is 0.139. The second-order valence-corrected chi connectivity index (χ2v) is 2.04. The monoisotopic (exact) mass is 193 g/mol. The Hall–Kier alpha value is -1.53. The average Bonchev–Trinajstić information content (AvgIpc) is 2.04. The van der Waals surface area contributed by atoms with Gasteiger partial charge in [-0.3, -0.25) is 4.79 Å². The van der Waals surface area contributed by atoms with Crippen LogP contribution in [-0.2, 0) is 19.2 Å². The Morgan fingerprint density at radius 3 is 2.38 bits per heavy atom. The molecule has 0 heterocycles. The first-order valence-electron chi connectivity index (χ1n) is 3.37. The summed E-state index contributed by atoms with van der Waals surface area (Å²) in [5.74, 6) is -6.30. The van der Waals surface area contributed by atoms with Crippen LogP contribution in [0.4, 0.5) is 4.39 Å². The predicted molar refractivity (Wildman–Crippen MR) is 38.0 cm³/mol. The molecule has 0 aromatic rings. The van der Waals surface area contributed by atoms with E-state index in [1.165, 1.54) is 6.92 Å². The van der Waals surface area contributed by atoms with Crippen LogP contribution in [0.2, 0.25) is 0 Å². The lowest BCUT2D eigenvalue weighted by atomic mass is 10.2. The first-order valence-corrected chi connectivity index (χ1v) is 3.37. The van der Waals surface area contributed by atoms with E-state index in [1.54, 1.807) is 5.34 Å². The van der Waals surface area contributed by atoms with Gasteiger partial charge in [0.2, 0.25) is 5.78 Å². The third-order valence-corrected chi connectivity index (χ3v) is 1.15. The molecule has 0 rings (SSSR count). The van der Waals surface area contributed by atoms with Crippen LogP contribution < -0.4 is 0 Å². The van der Waals surface area contributed by atoms with Crippen molar-refractivity contribution in [3.05, 3.63) is 4.91 Å². The van der Waals surface area contributed by atoms with Gasteiger partial charge in [0, 0.05) is 6.92 Å². The molecule has 74 valence electrons. The Morgan fingerprint density at radius 2 is 2.08 bits per heavy atom. The van der Waals surface area contributed by atoms with Gasteiger partial charge in [-0.2, -0.15) is 4.39 Å². The van der Waals surface area contributed by atoms with E-state index >= 15 is 0 Å². The van der Waals surface area contributed by atoms with E-state index in [0.717, 1.165) is 6.92 Å². The Bertz CT molecular complexity index is 231. The number of carbonyl (C=O) groups excluding carboxylic acids is 2. The zero-order valence-corrected chi connectivity index (χ0v) is 7.07. The largest absolute Gasteiger partial charge is 0.460 e. The quantitative estimate of drug-likeness (QED) is 0.275. The number of carbonyl (C=O) groups is 2. The van der Waals surface area contributed by atoms with Crippen molar-refractivity contribution in [2.24, 2.45) is 5.34 Å². The number of alkyl halides is 1. The Kier molecular flexibility index (Phi) is 3.96. The highest BCUT2D eigenvalue weighted by atomic mass is 19.2. The zero-order valence-electron chi connectivity index (χ0n) is 7.07. The van der Waals surface area contributed by atoms with E-state index in [-0.39, 0.29) is 6.61 Å². The summed E-state index contributed by atoms with van der Waals surface area (Å²) in [7, 11) is 0. The maximum Gasteiger partial charge on any atom is 0.428 e. The van der Waals surface area contributed by atoms with Crippen LogP contribution in [0.3, 0.4) is 0 Å². The Morgan fingerprint density at radius 1 is 1.54 bits per heavy atom. The van der Waals surface area contributed by atoms with Crippen molar-refractivity contribution >= 4 is 11.8 Å². The summed E-state index contributed by atoms with van der Waals surface area (Å²) in [5, 5.41) is 1.69. The van der Waals surface area contributed by atoms with Crippen molar-refractivity contribution in [2.45, 2.75) is 19.7 Å². The van der Waals surface area contributed by atoms with Gasteiger partial charge < -0.3 is 9.57 Å². The number of rotatable bonds is 5. The van der Waals surface area contributed by atoms with Crippen LogP contribution in [0.15, 0.2) is 5.34 Å². The number of halogens is 1. The summed E-state index contributed by atoms with van der Waals surface area (Å²) < 4.78 is 17.3. The molecule has 1 unspecified atom stereocenters. The summed E-state index contributed by atoms with van der Waals surface area (Å²) in [6, 6.07) is 0. The van der Waals surface area contributed by atoms with Gasteiger partial charge in [0.1, 0.15) is 0 Å². The van der Waals surface area contributed by atoms with Crippen molar-refractivity contribution in [1.29, 1.82) is 0 Å². The van der Waals surface area contributed by atoms with Crippen molar-refractivity contribution in [3.8, 4) is 0 Å². The molecular weight excluding hydrogens is 185 g/mol. The smallest absolute Gasteiger partial charge is 0.428 e. The normalized spacial score (nSPS) is 14.1. The van der Waals surface area contributed by atoms with Crippen molar-refractivity contribution in [1.82, 2.24) is 0 Å². The molecule has 1 atom stereocenters. The molecule has 0 fully saturated rings. The lowest BCUT2D eigenvalue weighted by Gasteiger charge is -2.15. The summed E-state index contributed by atoms with van der Waals surface area (Å²) in [5.41, 5.74) is 0. The van der Waals surface area contributed by atoms with Crippen molar-refractivity contribution in [2.75, 3.05) is 6.61 Å². The zero-order chi connectivity index (χ0) is 10.5. The molecule has 7 heteroatoms. The molecule has 13 heavy (non-hydrogen) atoms. The highest BCUT2D eigenvalue weighted by Gasteiger charge is 2.49. The highest BCUT2D eigenvalue weighted by Crippen LogP contribution is 2.17. The van der Waals surface area contributed by atoms with Crippen LogP contribution in [0.25, 0.3) is 0 Å². The number of Topliss-reactive ketones (excluding diaryl/α,β-unsaturated/α-hetero) is 1. The molecule has 0 amide bonds. The Balaban J connectivity index is 4.67. The number of hydrogen-bond acceptors (Lipinski definition) is 6. The molecule has 0 saturated heterocycles. The number of ether oxygens (including phenoxy) is 1. The molecule has 0 aliphatic heterocycles. The molecule has 0 radical (unpaired) electrons. The lowest BCUT2D eigenvalue weighted by molar-refractivity contribution is -0.201. The molecule has 0 aliphatic carbocycles. The lowest BCUT2D eigenvalue weighted by Crippen LogP contribution is -2.43. The van der Waals surface area contributed by atoms with Gasteiger partial charge in [0.25, 0.3) is 0 Å². The van der Waals surface area contributed by atoms with E-state index < -0.39 is 17.6 Å². The first kappa shape index (κ1) is 11.5. The molecule has 0 aromatic carbocycles. The standard InChI is InChI=1S/C6H8FNO5/c1-3-12-5(10)6(7,4(2)9)13-8-11/h3H2,1-2H3. The summed E-state index contributed by atoms with van der Waals surface area (Å²) in [6.45, 7) is 2.01. The van der Waals surface area contributed by atoms with Gasteiger partial charge in [-0.15, -0.1) is 4.91 Å². The van der Waals surface area contributed by atoms with Crippen LogP contribution in [0.5, 0.6) is 0 Å². The van der Waals surface area contributed by atoms with Gasteiger partial charge in [0.05, 0.1) is 6.61 Å². The molecule has 0 N–H and O–H groups in total.